The predicted octanol–water partition coefficient (Wildman–Crippen LogP) is 3.27. The number of nitrogens with one attached hydrogen (secondary N) is 1. The molecule has 3 nitrogen and oxygen atoms in total. The Kier molecular flexibility index (Phi) is 6.90. The molecule has 1 aromatic rings. The SMILES string of the molecule is Cl.Fc1ccc(C2CN(CC3CCNCC3)CCO2)cc1Cl. The van der Waals surface area contributed by atoms with Crippen molar-refractivity contribution in [2.45, 2.75) is 18.9 Å². The summed E-state index contributed by atoms with van der Waals surface area (Å²) in [5.74, 6) is 0.407. The van der Waals surface area contributed by atoms with Crippen LogP contribution in [0.3, 0.4) is 0 Å². The molecule has 2 saturated heterocycles. The van der Waals surface area contributed by atoms with Gasteiger partial charge in [-0.2, -0.15) is 0 Å². The maximum absolute atomic E-state index is 13.3. The number of rotatable bonds is 3. The molecule has 2 heterocycles. The summed E-state index contributed by atoms with van der Waals surface area (Å²) in [6.07, 6.45) is 2.51. The highest BCUT2D eigenvalue weighted by atomic mass is 35.5. The van der Waals surface area contributed by atoms with Gasteiger partial charge in [-0.25, -0.2) is 4.39 Å². The van der Waals surface area contributed by atoms with Gasteiger partial charge >= 0.3 is 0 Å². The van der Waals surface area contributed by atoms with Gasteiger partial charge in [0.05, 0.1) is 17.7 Å². The van der Waals surface area contributed by atoms with Crippen LogP contribution in [0, 0.1) is 11.7 Å². The van der Waals surface area contributed by atoms with E-state index in [9.17, 15) is 4.39 Å². The summed E-state index contributed by atoms with van der Waals surface area (Å²) in [4.78, 5) is 2.47. The average Bonchev–Trinajstić information content (AvgIpc) is 2.51. The second-order valence-electron chi connectivity index (χ2n) is 5.99. The zero-order valence-electron chi connectivity index (χ0n) is 12.6. The van der Waals surface area contributed by atoms with Gasteiger partial charge in [-0.05, 0) is 49.5 Å². The van der Waals surface area contributed by atoms with Crippen LogP contribution in [0.4, 0.5) is 4.39 Å². The standard InChI is InChI=1S/C16H22ClFN2O.ClH/c17-14-9-13(1-2-15(14)18)16-11-20(7-8-21-16)10-12-3-5-19-6-4-12;/h1-2,9,12,16,19H,3-8,10-11H2;1H. The maximum Gasteiger partial charge on any atom is 0.141 e. The number of hydrogen-bond donors (Lipinski definition) is 1. The van der Waals surface area contributed by atoms with E-state index in [2.05, 4.69) is 10.2 Å². The lowest BCUT2D eigenvalue weighted by molar-refractivity contribution is -0.0357. The Bertz CT molecular complexity index is 483. The minimum absolute atomic E-state index is 0. The molecule has 2 aliphatic heterocycles. The molecular formula is C16H23Cl2FN2O. The van der Waals surface area contributed by atoms with Gasteiger partial charge in [0.2, 0.25) is 0 Å². The largest absolute Gasteiger partial charge is 0.371 e. The molecule has 0 bridgehead atoms. The third-order valence-corrected chi connectivity index (χ3v) is 4.73. The second kappa shape index (κ2) is 8.46. The van der Waals surface area contributed by atoms with Gasteiger partial charge in [0.1, 0.15) is 5.82 Å². The maximum atomic E-state index is 13.3. The summed E-state index contributed by atoms with van der Waals surface area (Å²) in [6.45, 7) is 5.97. The lowest BCUT2D eigenvalue weighted by Crippen LogP contribution is -2.43. The Labute approximate surface area is 142 Å². The van der Waals surface area contributed by atoms with Gasteiger partial charge in [0.25, 0.3) is 0 Å². The van der Waals surface area contributed by atoms with Gasteiger partial charge < -0.3 is 10.1 Å². The van der Waals surface area contributed by atoms with Crippen molar-refractivity contribution in [1.29, 1.82) is 0 Å². The summed E-state index contributed by atoms with van der Waals surface area (Å²) in [6, 6.07) is 4.89. The van der Waals surface area contributed by atoms with Crippen molar-refractivity contribution in [3.05, 3.63) is 34.6 Å². The van der Waals surface area contributed by atoms with Gasteiger partial charge in [0.15, 0.2) is 0 Å². The minimum Gasteiger partial charge on any atom is -0.371 e. The van der Waals surface area contributed by atoms with Gasteiger partial charge in [-0.1, -0.05) is 17.7 Å². The highest BCUT2D eigenvalue weighted by Crippen LogP contribution is 2.27. The van der Waals surface area contributed by atoms with E-state index in [1.165, 1.54) is 18.9 Å². The zero-order valence-corrected chi connectivity index (χ0v) is 14.1. The Morgan fingerprint density at radius 3 is 2.82 bits per heavy atom. The molecule has 0 aromatic heterocycles. The number of morpholine rings is 1. The normalized spacial score (nSPS) is 24.0. The van der Waals surface area contributed by atoms with E-state index in [-0.39, 0.29) is 29.4 Å². The predicted molar refractivity (Wildman–Crippen MR) is 89.4 cm³/mol. The molecule has 1 aromatic carbocycles. The quantitative estimate of drug-likeness (QED) is 0.907. The first-order valence-electron chi connectivity index (χ1n) is 7.72. The van der Waals surface area contributed by atoms with Crippen LogP contribution < -0.4 is 5.32 Å². The van der Waals surface area contributed by atoms with E-state index in [0.29, 0.717) is 0 Å². The number of halogens is 3. The van der Waals surface area contributed by atoms with Crippen LogP contribution in [0.2, 0.25) is 5.02 Å². The van der Waals surface area contributed by atoms with Crippen molar-refractivity contribution in [3.8, 4) is 0 Å². The molecule has 2 fully saturated rings. The topological polar surface area (TPSA) is 24.5 Å². The molecule has 3 rings (SSSR count). The van der Waals surface area contributed by atoms with Crippen LogP contribution in [-0.2, 0) is 4.74 Å². The summed E-state index contributed by atoms with van der Waals surface area (Å²) in [5.41, 5.74) is 0.969. The van der Waals surface area contributed by atoms with Crippen LogP contribution in [0.1, 0.15) is 24.5 Å². The second-order valence-corrected chi connectivity index (χ2v) is 6.39. The van der Waals surface area contributed by atoms with Crippen LogP contribution in [0.25, 0.3) is 0 Å². The monoisotopic (exact) mass is 348 g/mol. The number of hydrogen-bond acceptors (Lipinski definition) is 3. The fourth-order valence-electron chi connectivity index (χ4n) is 3.21. The van der Waals surface area contributed by atoms with E-state index >= 15 is 0 Å². The van der Waals surface area contributed by atoms with E-state index < -0.39 is 0 Å². The smallest absolute Gasteiger partial charge is 0.141 e. The molecule has 2 aliphatic rings. The first-order chi connectivity index (χ1) is 10.2. The Balaban J connectivity index is 0.00000176. The van der Waals surface area contributed by atoms with Crippen molar-refractivity contribution in [1.82, 2.24) is 10.2 Å². The molecule has 22 heavy (non-hydrogen) atoms. The van der Waals surface area contributed by atoms with Gasteiger partial charge in [-0.3, -0.25) is 4.90 Å². The highest BCUT2D eigenvalue weighted by molar-refractivity contribution is 6.30. The molecule has 0 saturated carbocycles. The third-order valence-electron chi connectivity index (χ3n) is 4.44. The Morgan fingerprint density at radius 2 is 2.09 bits per heavy atom. The van der Waals surface area contributed by atoms with Crippen molar-refractivity contribution in [2.75, 3.05) is 39.3 Å². The molecule has 0 radical (unpaired) electrons. The number of benzene rings is 1. The highest BCUT2D eigenvalue weighted by Gasteiger charge is 2.25. The van der Waals surface area contributed by atoms with E-state index in [1.807, 2.05) is 0 Å². The molecule has 1 atom stereocenters. The molecule has 1 N–H and O–H groups in total. The summed E-state index contributed by atoms with van der Waals surface area (Å²) in [5, 5.41) is 3.58. The van der Waals surface area contributed by atoms with Crippen LogP contribution >= 0.6 is 24.0 Å². The van der Waals surface area contributed by atoms with Crippen LogP contribution in [-0.4, -0.2) is 44.2 Å². The fraction of sp³-hybridized carbons (Fsp3) is 0.625. The van der Waals surface area contributed by atoms with Crippen molar-refractivity contribution in [3.63, 3.8) is 0 Å². The summed E-state index contributed by atoms with van der Waals surface area (Å²) < 4.78 is 19.1. The molecule has 0 aliphatic carbocycles. The van der Waals surface area contributed by atoms with Crippen molar-refractivity contribution in [2.24, 2.45) is 5.92 Å². The lowest BCUT2D eigenvalue weighted by atomic mass is 9.97. The van der Waals surface area contributed by atoms with Crippen LogP contribution in [0.15, 0.2) is 18.2 Å². The lowest BCUT2D eigenvalue weighted by Gasteiger charge is -2.36. The molecule has 124 valence electrons. The molecular weight excluding hydrogens is 326 g/mol. The first kappa shape index (κ1) is 18.0. The minimum atomic E-state index is -0.372. The Hall–Kier alpha value is -0.390. The third kappa shape index (κ3) is 4.56. The number of nitrogens with zero attached hydrogens (tertiary/aromatic N) is 1. The van der Waals surface area contributed by atoms with Crippen LogP contribution in [0.5, 0.6) is 0 Å². The Morgan fingerprint density at radius 1 is 1.32 bits per heavy atom. The number of ether oxygens (including phenoxy) is 1. The zero-order chi connectivity index (χ0) is 14.7. The number of piperidine rings is 1. The first-order valence-corrected chi connectivity index (χ1v) is 8.10. The van der Waals surface area contributed by atoms with E-state index in [1.54, 1.807) is 12.1 Å². The fourth-order valence-corrected chi connectivity index (χ4v) is 3.40. The van der Waals surface area contributed by atoms with Crippen molar-refractivity contribution < 1.29 is 9.13 Å². The van der Waals surface area contributed by atoms with E-state index in [4.69, 9.17) is 16.3 Å². The van der Waals surface area contributed by atoms with Gasteiger partial charge in [-0.15, -0.1) is 12.4 Å². The molecule has 0 amide bonds. The van der Waals surface area contributed by atoms with Crippen molar-refractivity contribution >= 4 is 24.0 Å². The molecule has 0 spiro atoms. The van der Waals surface area contributed by atoms with Gasteiger partial charge in [0, 0.05) is 19.6 Å². The molecule has 1 unspecified atom stereocenters. The molecule has 6 heteroatoms. The van der Waals surface area contributed by atoms with E-state index in [0.717, 1.165) is 50.8 Å². The summed E-state index contributed by atoms with van der Waals surface area (Å²) in [7, 11) is 0. The summed E-state index contributed by atoms with van der Waals surface area (Å²) >= 11 is 5.87. The average molecular weight is 349 g/mol.